The maximum atomic E-state index is 14.4. The Hall–Kier alpha value is -3.30. The summed E-state index contributed by atoms with van der Waals surface area (Å²) in [6.45, 7) is 0.0659. The number of hydrogen-bond donors (Lipinski definition) is 2. The molecule has 7 nitrogen and oxygen atoms in total. The highest BCUT2D eigenvalue weighted by Crippen LogP contribution is 2.37. The van der Waals surface area contributed by atoms with E-state index in [1.807, 2.05) is 0 Å². The fraction of sp³-hybridized carbons (Fsp3) is 0.238. The molecule has 30 heavy (non-hydrogen) atoms. The van der Waals surface area contributed by atoms with E-state index >= 15 is 0 Å². The lowest BCUT2D eigenvalue weighted by molar-refractivity contribution is -0.0582. The molecule has 1 amide bonds. The predicted molar refractivity (Wildman–Crippen MR) is 103 cm³/mol. The van der Waals surface area contributed by atoms with Crippen molar-refractivity contribution in [3.8, 4) is 22.5 Å². The molecular weight excluding hydrogens is 394 g/mol. The highest BCUT2D eigenvalue weighted by atomic mass is 19.1. The summed E-state index contributed by atoms with van der Waals surface area (Å²) < 4.78 is 34.5. The lowest BCUT2D eigenvalue weighted by Gasteiger charge is -2.28. The summed E-state index contributed by atoms with van der Waals surface area (Å²) >= 11 is 0. The molecule has 0 saturated carbocycles. The molecule has 0 bridgehead atoms. The van der Waals surface area contributed by atoms with Crippen molar-refractivity contribution >= 4 is 5.91 Å². The molecule has 0 radical (unpaired) electrons. The van der Waals surface area contributed by atoms with E-state index in [0.717, 1.165) is 12.1 Å². The molecule has 1 saturated heterocycles. The summed E-state index contributed by atoms with van der Waals surface area (Å²) in [7, 11) is 0. The van der Waals surface area contributed by atoms with Crippen LogP contribution in [0.15, 0.2) is 42.7 Å². The average Bonchev–Trinajstić information content (AvgIpc) is 2.74. The Labute approximate surface area is 170 Å². The van der Waals surface area contributed by atoms with Crippen molar-refractivity contribution < 1.29 is 23.4 Å². The first-order valence-corrected chi connectivity index (χ1v) is 9.32. The van der Waals surface area contributed by atoms with Gasteiger partial charge in [0.1, 0.15) is 23.4 Å². The molecule has 1 aliphatic heterocycles. The number of primary amides is 1. The van der Waals surface area contributed by atoms with E-state index in [1.165, 1.54) is 12.3 Å². The fourth-order valence-electron chi connectivity index (χ4n) is 3.46. The second-order valence-electron chi connectivity index (χ2n) is 6.91. The number of rotatable bonds is 4. The van der Waals surface area contributed by atoms with Crippen LogP contribution in [0.2, 0.25) is 0 Å². The van der Waals surface area contributed by atoms with Crippen LogP contribution >= 0.6 is 0 Å². The smallest absolute Gasteiger partial charge is 0.268 e. The van der Waals surface area contributed by atoms with Crippen LogP contribution in [0.1, 0.15) is 35.1 Å². The van der Waals surface area contributed by atoms with Gasteiger partial charge in [0.25, 0.3) is 5.91 Å². The number of benzene rings is 1. The van der Waals surface area contributed by atoms with Crippen molar-refractivity contribution in [2.24, 2.45) is 5.73 Å². The number of carbonyl (C=O) groups excluding carboxylic acids is 1. The van der Waals surface area contributed by atoms with Crippen LogP contribution in [0.25, 0.3) is 22.5 Å². The van der Waals surface area contributed by atoms with E-state index < -0.39 is 35.3 Å². The summed E-state index contributed by atoms with van der Waals surface area (Å²) in [4.78, 5) is 24.9. The number of amides is 1. The quantitative estimate of drug-likeness (QED) is 0.682. The van der Waals surface area contributed by atoms with Crippen molar-refractivity contribution in [2.75, 3.05) is 6.61 Å². The third kappa shape index (κ3) is 3.77. The summed E-state index contributed by atoms with van der Waals surface area (Å²) in [5.41, 5.74) is 5.98. The SMILES string of the molecule is NC(=O)c1nc(-c2c(F)cccc2F)nc(C2CCC(O)CO2)c1-c1cccnc1. The van der Waals surface area contributed by atoms with Crippen LogP contribution < -0.4 is 5.73 Å². The Morgan fingerprint density at radius 1 is 1.10 bits per heavy atom. The summed E-state index contributed by atoms with van der Waals surface area (Å²) in [6, 6.07) is 6.74. The standard InChI is InChI=1S/C21H18F2N4O3/c22-13-4-1-5-14(23)17(13)21-26-18(15-7-6-12(28)10-30-15)16(19(27-21)20(24)29)11-3-2-8-25-9-11/h1-5,8-9,12,15,28H,6-7,10H2,(H2,24,29). The van der Waals surface area contributed by atoms with E-state index in [9.17, 15) is 18.7 Å². The second-order valence-corrected chi connectivity index (χ2v) is 6.91. The van der Waals surface area contributed by atoms with Gasteiger partial charge in [0, 0.05) is 23.5 Å². The zero-order valence-electron chi connectivity index (χ0n) is 15.8. The molecule has 154 valence electrons. The third-order valence-corrected chi connectivity index (χ3v) is 4.86. The average molecular weight is 412 g/mol. The first-order chi connectivity index (χ1) is 14.5. The van der Waals surface area contributed by atoms with E-state index in [4.69, 9.17) is 10.5 Å². The Morgan fingerprint density at radius 3 is 2.47 bits per heavy atom. The van der Waals surface area contributed by atoms with Crippen LogP contribution in [0.3, 0.4) is 0 Å². The lowest BCUT2D eigenvalue weighted by Crippen LogP contribution is -2.27. The van der Waals surface area contributed by atoms with E-state index in [2.05, 4.69) is 15.0 Å². The van der Waals surface area contributed by atoms with E-state index in [1.54, 1.807) is 18.3 Å². The molecule has 1 aliphatic rings. The Bertz CT molecular complexity index is 1070. The first kappa shape index (κ1) is 20.0. The number of hydrogen-bond acceptors (Lipinski definition) is 6. The van der Waals surface area contributed by atoms with Crippen LogP contribution in [0.4, 0.5) is 8.78 Å². The lowest BCUT2D eigenvalue weighted by atomic mass is 9.95. The third-order valence-electron chi connectivity index (χ3n) is 4.86. The number of aromatic nitrogens is 3. The largest absolute Gasteiger partial charge is 0.391 e. The summed E-state index contributed by atoms with van der Waals surface area (Å²) in [5.74, 6) is -2.93. The van der Waals surface area contributed by atoms with Crippen LogP contribution in [-0.4, -0.2) is 38.7 Å². The second kappa shape index (κ2) is 8.21. The number of pyridine rings is 1. The number of aliphatic hydroxyl groups excluding tert-OH is 1. The Balaban J connectivity index is 1.99. The molecule has 3 aromatic rings. The van der Waals surface area contributed by atoms with Gasteiger partial charge in [-0.15, -0.1) is 0 Å². The van der Waals surface area contributed by atoms with Gasteiger partial charge < -0.3 is 15.6 Å². The topological polar surface area (TPSA) is 111 Å². The zero-order valence-corrected chi connectivity index (χ0v) is 15.8. The highest BCUT2D eigenvalue weighted by molar-refractivity contribution is 5.99. The van der Waals surface area contributed by atoms with Gasteiger partial charge in [-0.25, -0.2) is 18.7 Å². The Morgan fingerprint density at radius 2 is 1.87 bits per heavy atom. The number of aliphatic hydroxyl groups is 1. The number of nitrogens with zero attached hydrogens (tertiary/aromatic N) is 3. The van der Waals surface area contributed by atoms with E-state index in [0.29, 0.717) is 18.4 Å². The minimum Gasteiger partial charge on any atom is -0.391 e. The van der Waals surface area contributed by atoms with Crippen LogP contribution in [-0.2, 0) is 4.74 Å². The Kier molecular flexibility index (Phi) is 5.47. The van der Waals surface area contributed by atoms with Crippen molar-refractivity contribution in [1.82, 2.24) is 15.0 Å². The number of ether oxygens (including phenoxy) is 1. The van der Waals surface area contributed by atoms with Crippen molar-refractivity contribution in [1.29, 1.82) is 0 Å². The monoisotopic (exact) mass is 412 g/mol. The van der Waals surface area contributed by atoms with Gasteiger partial charge in [-0.3, -0.25) is 9.78 Å². The molecular formula is C21H18F2N4O3. The molecule has 2 unspecified atom stereocenters. The molecule has 2 aromatic heterocycles. The van der Waals surface area contributed by atoms with Crippen LogP contribution in [0, 0.1) is 11.6 Å². The molecule has 1 fully saturated rings. The van der Waals surface area contributed by atoms with Gasteiger partial charge >= 0.3 is 0 Å². The first-order valence-electron chi connectivity index (χ1n) is 9.32. The van der Waals surface area contributed by atoms with Gasteiger partial charge in [-0.05, 0) is 31.0 Å². The minimum absolute atomic E-state index is 0.0659. The molecule has 0 spiro atoms. The predicted octanol–water partition coefficient (Wildman–Crippen LogP) is 2.80. The number of nitrogens with two attached hydrogens (primary N) is 1. The van der Waals surface area contributed by atoms with Crippen molar-refractivity contribution in [3.05, 3.63) is 65.7 Å². The van der Waals surface area contributed by atoms with Gasteiger partial charge in [-0.1, -0.05) is 12.1 Å². The normalized spacial score (nSPS) is 18.9. The fourth-order valence-corrected chi connectivity index (χ4v) is 3.46. The van der Waals surface area contributed by atoms with Crippen molar-refractivity contribution in [3.63, 3.8) is 0 Å². The maximum absolute atomic E-state index is 14.4. The van der Waals surface area contributed by atoms with Crippen molar-refractivity contribution in [2.45, 2.75) is 25.0 Å². The molecule has 9 heteroatoms. The molecule has 3 heterocycles. The van der Waals surface area contributed by atoms with Gasteiger partial charge in [0.15, 0.2) is 5.82 Å². The maximum Gasteiger partial charge on any atom is 0.268 e. The molecule has 3 N–H and O–H groups in total. The summed E-state index contributed by atoms with van der Waals surface area (Å²) in [5, 5.41) is 9.77. The molecule has 1 aromatic carbocycles. The van der Waals surface area contributed by atoms with Gasteiger partial charge in [0.05, 0.1) is 24.0 Å². The van der Waals surface area contributed by atoms with E-state index in [-0.39, 0.29) is 29.4 Å². The number of carbonyl (C=O) groups is 1. The molecule has 0 aliphatic carbocycles. The number of halogens is 2. The highest BCUT2D eigenvalue weighted by Gasteiger charge is 2.30. The minimum atomic E-state index is -0.883. The van der Waals surface area contributed by atoms with Crippen LogP contribution in [0.5, 0.6) is 0 Å². The molecule has 2 atom stereocenters. The summed E-state index contributed by atoms with van der Waals surface area (Å²) in [6.07, 6.45) is 2.65. The van der Waals surface area contributed by atoms with Gasteiger partial charge in [0.2, 0.25) is 0 Å². The molecule has 4 rings (SSSR count). The van der Waals surface area contributed by atoms with Gasteiger partial charge in [-0.2, -0.15) is 0 Å². The zero-order chi connectivity index (χ0) is 21.3.